The third kappa shape index (κ3) is 52.3. The van der Waals surface area contributed by atoms with Crippen LogP contribution in [0.15, 0.2) is 97.2 Å². The summed E-state index contributed by atoms with van der Waals surface area (Å²) in [5.41, 5.74) is 0. The van der Waals surface area contributed by atoms with Crippen molar-refractivity contribution in [3.05, 3.63) is 97.2 Å². The molecule has 0 fully saturated rings. The summed E-state index contributed by atoms with van der Waals surface area (Å²) in [5, 5.41) is 0. The number of phosphoric ester groups is 1. The first-order valence-electron chi connectivity index (χ1n) is 26.0. The summed E-state index contributed by atoms with van der Waals surface area (Å²) in [6, 6.07) is 0. The molecule has 374 valence electrons. The van der Waals surface area contributed by atoms with Crippen LogP contribution in [-0.2, 0) is 27.9 Å². The van der Waals surface area contributed by atoms with Crippen molar-refractivity contribution in [2.45, 2.75) is 200 Å². The maximum Gasteiger partial charge on any atom is 0.472 e. The number of esters is 1. The van der Waals surface area contributed by atoms with Gasteiger partial charge in [-0.25, -0.2) is 4.57 Å². The highest BCUT2D eigenvalue weighted by Gasteiger charge is 2.26. The Morgan fingerprint density at radius 3 is 1.26 bits per heavy atom. The standard InChI is InChI=1S/C56H98NO7P/c1-6-8-10-12-14-16-18-20-22-24-25-26-27-28-29-30-31-32-34-36-38-40-42-44-46-48-51-61-53-55(54-63-65(59,60)62-52-50-57(3,4)5)64-56(58)49-47-45-43-41-39-37-35-33-23-21-19-17-15-13-11-9-7-2/h8-11,14-17,20-23,25-26,28-29,55H,6-7,12-13,18-19,24,27,30-54H2,1-5H3/p+1/b10-8-,11-9-,16-14-,17-15-,22-20-,23-21-,26-25-,29-28-. The first-order valence-corrected chi connectivity index (χ1v) is 27.5. The van der Waals surface area contributed by atoms with E-state index in [1.165, 1.54) is 83.5 Å². The minimum atomic E-state index is -4.29. The Morgan fingerprint density at radius 1 is 0.477 bits per heavy atom. The first kappa shape index (κ1) is 62.4. The molecule has 2 atom stereocenters. The van der Waals surface area contributed by atoms with Crippen molar-refractivity contribution in [2.75, 3.05) is 54.1 Å². The lowest BCUT2D eigenvalue weighted by Crippen LogP contribution is -2.37. The van der Waals surface area contributed by atoms with Gasteiger partial charge >= 0.3 is 13.8 Å². The van der Waals surface area contributed by atoms with Crippen LogP contribution < -0.4 is 0 Å². The Kier molecular flexibility index (Phi) is 46.0. The van der Waals surface area contributed by atoms with E-state index in [0.29, 0.717) is 24.1 Å². The van der Waals surface area contributed by atoms with Crippen LogP contribution in [0.3, 0.4) is 0 Å². The summed E-state index contributed by atoms with van der Waals surface area (Å²) in [7, 11) is 1.64. The fraction of sp³-hybridized carbons (Fsp3) is 0.696. The number of carbonyl (C=O) groups excluding carboxylic acids is 1. The van der Waals surface area contributed by atoms with Gasteiger partial charge in [0, 0.05) is 13.0 Å². The van der Waals surface area contributed by atoms with Gasteiger partial charge in [0.2, 0.25) is 0 Å². The Labute approximate surface area is 400 Å². The van der Waals surface area contributed by atoms with Gasteiger partial charge in [0.1, 0.15) is 19.3 Å². The van der Waals surface area contributed by atoms with Gasteiger partial charge in [-0.2, -0.15) is 0 Å². The molecule has 0 heterocycles. The molecule has 2 unspecified atom stereocenters. The summed E-state index contributed by atoms with van der Waals surface area (Å²) >= 11 is 0. The van der Waals surface area contributed by atoms with Crippen LogP contribution in [0.5, 0.6) is 0 Å². The molecule has 0 radical (unpaired) electrons. The van der Waals surface area contributed by atoms with Crippen molar-refractivity contribution in [3.8, 4) is 0 Å². The number of allylic oxidation sites excluding steroid dienone is 16. The van der Waals surface area contributed by atoms with Crippen molar-refractivity contribution in [3.63, 3.8) is 0 Å². The van der Waals surface area contributed by atoms with E-state index in [2.05, 4.69) is 111 Å². The van der Waals surface area contributed by atoms with Crippen LogP contribution >= 0.6 is 7.82 Å². The number of unbranched alkanes of at least 4 members (excludes halogenated alkanes) is 17. The first-order chi connectivity index (χ1) is 31.6. The molecule has 0 bridgehead atoms. The quantitative estimate of drug-likeness (QED) is 0.0214. The number of phosphoric acid groups is 1. The molecule has 0 aromatic carbocycles. The highest BCUT2D eigenvalue weighted by molar-refractivity contribution is 7.47. The van der Waals surface area contributed by atoms with E-state index in [1.54, 1.807) is 0 Å². The minimum absolute atomic E-state index is 0.0805. The third-order valence-corrected chi connectivity index (χ3v) is 11.6. The molecule has 0 spiro atoms. The molecular weight excluding hydrogens is 830 g/mol. The van der Waals surface area contributed by atoms with Gasteiger partial charge in [-0.05, 0) is 89.9 Å². The van der Waals surface area contributed by atoms with Crippen molar-refractivity contribution in [1.29, 1.82) is 0 Å². The van der Waals surface area contributed by atoms with Crippen LogP contribution in [0.25, 0.3) is 0 Å². The second kappa shape index (κ2) is 47.9. The highest BCUT2D eigenvalue weighted by Crippen LogP contribution is 2.43. The smallest absolute Gasteiger partial charge is 0.457 e. The lowest BCUT2D eigenvalue weighted by molar-refractivity contribution is -0.870. The average Bonchev–Trinajstić information content (AvgIpc) is 3.27. The predicted octanol–water partition coefficient (Wildman–Crippen LogP) is 16.2. The van der Waals surface area contributed by atoms with Crippen molar-refractivity contribution in [1.82, 2.24) is 0 Å². The number of quaternary nitrogens is 1. The number of rotatable bonds is 47. The Balaban J connectivity index is 4.15. The maximum absolute atomic E-state index is 12.8. The van der Waals surface area contributed by atoms with Crippen molar-refractivity contribution >= 4 is 13.8 Å². The zero-order valence-corrected chi connectivity index (χ0v) is 43.3. The number of carbonyl (C=O) groups is 1. The molecule has 0 aromatic rings. The molecule has 0 saturated heterocycles. The summed E-state index contributed by atoms with van der Waals surface area (Å²) in [5.74, 6) is -0.328. The average molecular weight is 929 g/mol. The van der Waals surface area contributed by atoms with Crippen LogP contribution in [-0.4, -0.2) is 75.6 Å². The van der Waals surface area contributed by atoms with Gasteiger partial charge in [-0.1, -0.05) is 195 Å². The molecule has 8 nitrogen and oxygen atoms in total. The molecule has 0 saturated carbocycles. The number of hydrogen-bond donors (Lipinski definition) is 1. The fourth-order valence-corrected chi connectivity index (χ4v) is 7.45. The molecular formula is C56H99NO7P+. The van der Waals surface area contributed by atoms with E-state index in [0.717, 1.165) is 89.9 Å². The number of hydrogen-bond acceptors (Lipinski definition) is 6. The van der Waals surface area contributed by atoms with Crippen molar-refractivity contribution < 1.29 is 37.3 Å². The second-order valence-electron chi connectivity index (χ2n) is 18.1. The molecule has 1 N–H and O–H groups in total. The summed E-state index contributed by atoms with van der Waals surface area (Å²) in [6.45, 7) is 5.36. The van der Waals surface area contributed by atoms with Crippen LogP contribution in [0.2, 0.25) is 0 Å². The second-order valence-corrected chi connectivity index (χ2v) is 19.6. The molecule has 0 aliphatic heterocycles. The number of likely N-dealkylation sites (N-methyl/N-ethyl adjacent to an activating group) is 1. The number of ether oxygens (including phenoxy) is 2. The molecule has 65 heavy (non-hydrogen) atoms. The third-order valence-electron chi connectivity index (χ3n) is 10.6. The van der Waals surface area contributed by atoms with Gasteiger partial charge in [0.05, 0.1) is 34.4 Å². The zero-order chi connectivity index (χ0) is 47.6. The van der Waals surface area contributed by atoms with Crippen LogP contribution in [0.1, 0.15) is 194 Å². The molecule has 0 rings (SSSR count). The van der Waals surface area contributed by atoms with Crippen LogP contribution in [0.4, 0.5) is 0 Å². The lowest BCUT2D eigenvalue weighted by atomic mass is 10.1. The Hall–Kier alpha value is -2.58. The van der Waals surface area contributed by atoms with E-state index < -0.39 is 13.9 Å². The van der Waals surface area contributed by atoms with Gasteiger partial charge in [0.15, 0.2) is 0 Å². The maximum atomic E-state index is 12.8. The predicted molar refractivity (Wildman–Crippen MR) is 279 cm³/mol. The Morgan fingerprint density at radius 2 is 0.846 bits per heavy atom. The van der Waals surface area contributed by atoms with E-state index in [9.17, 15) is 14.3 Å². The lowest BCUT2D eigenvalue weighted by Gasteiger charge is -2.24. The molecule has 0 aromatic heterocycles. The largest absolute Gasteiger partial charge is 0.472 e. The minimum Gasteiger partial charge on any atom is -0.457 e. The summed E-state index contributed by atoms with van der Waals surface area (Å²) < 4.78 is 35.2. The molecule has 0 aliphatic rings. The Bertz CT molecular complexity index is 1360. The molecule has 9 heteroatoms. The SMILES string of the molecule is CC/C=C\C/C=C\C/C=C\C/C=C\C/C=C\CCCCCCCCCCCCOCC(COP(=O)(O)OCC[N+](C)(C)C)OC(=O)CCCCCCCCC/C=C\C/C=C\C/C=C\CC. The zero-order valence-electron chi connectivity index (χ0n) is 42.4. The van der Waals surface area contributed by atoms with Gasteiger partial charge in [-0.15, -0.1) is 0 Å². The normalized spacial score (nSPS) is 14.4. The molecule has 0 amide bonds. The van der Waals surface area contributed by atoms with E-state index in [4.69, 9.17) is 18.5 Å². The van der Waals surface area contributed by atoms with E-state index >= 15 is 0 Å². The highest BCUT2D eigenvalue weighted by atomic mass is 31.2. The van der Waals surface area contributed by atoms with Crippen LogP contribution in [0, 0.1) is 0 Å². The topological polar surface area (TPSA) is 91.3 Å². The summed E-state index contributed by atoms with van der Waals surface area (Å²) in [4.78, 5) is 23.0. The fourth-order valence-electron chi connectivity index (χ4n) is 6.71. The van der Waals surface area contributed by atoms with Gasteiger partial charge < -0.3 is 18.9 Å². The number of nitrogens with zero attached hydrogens (tertiary/aromatic N) is 1. The van der Waals surface area contributed by atoms with Crippen molar-refractivity contribution in [2.24, 2.45) is 0 Å². The van der Waals surface area contributed by atoms with Gasteiger partial charge in [0.25, 0.3) is 0 Å². The van der Waals surface area contributed by atoms with E-state index in [1.807, 2.05) is 21.1 Å². The van der Waals surface area contributed by atoms with E-state index in [-0.39, 0.29) is 25.8 Å². The monoisotopic (exact) mass is 929 g/mol. The van der Waals surface area contributed by atoms with Gasteiger partial charge in [-0.3, -0.25) is 13.8 Å². The molecule has 0 aliphatic carbocycles. The summed E-state index contributed by atoms with van der Waals surface area (Å²) in [6.07, 6.45) is 66.0.